The summed E-state index contributed by atoms with van der Waals surface area (Å²) in [6.45, 7) is 0.833. The zero-order valence-electron chi connectivity index (χ0n) is 8.42. The van der Waals surface area contributed by atoms with Crippen molar-refractivity contribution < 1.29 is 0 Å². The lowest BCUT2D eigenvalue weighted by Crippen LogP contribution is -2.35. The Morgan fingerprint density at radius 2 is 1.92 bits per heavy atom. The van der Waals surface area contributed by atoms with Crippen LogP contribution in [0.2, 0.25) is 0 Å². The van der Waals surface area contributed by atoms with E-state index in [4.69, 9.17) is 5.73 Å². The van der Waals surface area contributed by atoms with E-state index < -0.39 is 0 Å². The van der Waals surface area contributed by atoms with Gasteiger partial charge in [-0.3, -0.25) is 0 Å². The molecule has 72 valence electrons. The quantitative estimate of drug-likeness (QED) is 0.692. The molecule has 1 saturated carbocycles. The van der Waals surface area contributed by atoms with E-state index in [-0.39, 0.29) is 0 Å². The minimum Gasteiger partial charge on any atom is -0.330 e. The highest BCUT2D eigenvalue weighted by atomic mass is 15.1. The largest absolute Gasteiger partial charge is 0.330 e. The molecule has 0 bridgehead atoms. The molecule has 0 radical (unpaired) electrons. The summed E-state index contributed by atoms with van der Waals surface area (Å²) in [7, 11) is 4.36. The minimum absolute atomic E-state index is 0.734. The van der Waals surface area contributed by atoms with Gasteiger partial charge in [0.15, 0.2) is 0 Å². The highest BCUT2D eigenvalue weighted by Gasteiger charge is 2.25. The number of nitrogens with zero attached hydrogens (tertiary/aromatic N) is 1. The van der Waals surface area contributed by atoms with Crippen molar-refractivity contribution in [2.24, 2.45) is 11.7 Å². The first-order valence-corrected chi connectivity index (χ1v) is 5.12. The molecule has 1 aliphatic carbocycles. The number of rotatable bonds is 4. The van der Waals surface area contributed by atoms with Gasteiger partial charge in [-0.15, -0.1) is 0 Å². The van der Waals surface area contributed by atoms with Gasteiger partial charge in [-0.05, 0) is 45.8 Å². The van der Waals surface area contributed by atoms with Gasteiger partial charge in [-0.25, -0.2) is 0 Å². The van der Waals surface area contributed by atoms with E-state index in [0.29, 0.717) is 0 Å². The second-order valence-corrected chi connectivity index (χ2v) is 4.15. The summed E-state index contributed by atoms with van der Waals surface area (Å²) in [5.41, 5.74) is 5.61. The van der Waals surface area contributed by atoms with Crippen LogP contribution < -0.4 is 5.73 Å². The van der Waals surface area contributed by atoms with Crippen molar-refractivity contribution in [2.45, 2.75) is 38.1 Å². The van der Waals surface area contributed by atoms with Crippen molar-refractivity contribution >= 4 is 0 Å². The van der Waals surface area contributed by atoms with Gasteiger partial charge in [-0.2, -0.15) is 0 Å². The topological polar surface area (TPSA) is 29.3 Å². The highest BCUT2D eigenvalue weighted by Crippen LogP contribution is 2.30. The third kappa shape index (κ3) is 2.46. The predicted octanol–water partition coefficient (Wildman–Crippen LogP) is 1.46. The maximum atomic E-state index is 5.61. The first-order valence-electron chi connectivity index (χ1n) is 5.12. The van der Waals surface area contributed by atoms with Crippen LogP contribution in [0, 0.1) is 5.92 Å². The van der Waals surface area contributed by atoms with E-state index in [1.54, 1.807) is 0 Å². The van der Waals surface area contributed by atoms with Crippen LogP contribution >= 0.6 is 0 Å². The van der Waals surface area contributed by atoms with Crippen LogP contribution in [0.25, 0.3) is 0 Å². The van der Waals surface area contributed by atoms with Crippen molar-refractivity contribution in [3.05, 3.63) is 0 Å². The van der Waals surface area contributed by atoms with E-state index in [2.05, 4.69) is 19.0 Å². The minimum atomic E-state index is 0.734. The highest BCUT2D eigenvalue weighted by molar-refractivity contribution is 4.80. The molecule has 0 amide bonds. The molecule has 1 aliphatic rings. The number of hydrogen-bond acceptors (Lipinski definition) is 2. The van der Waals surface area contributed by atoms with Crippen molar-refractivity contribution in [3.8, 4) is 0 Å². The molecule has 0 aromatic heterocycles. The molecule has 2 heteroatoms. The molecular formula is C10H22N2. The van der Waals surface area contributed by atoms with Crippen molar-refractivity contribution in [1.29, 1.82) is 0 Å². The molecule has 2 N–H and O–H groups in total. The summed E-state index contributed by atoms with van der Waals surface area (Å²) in [6, 6.07) is 0.734. The average molecular weight is 170 g/mol. The van der Waals surface area contributed by atoms with Crippen LogP contribution in [0.1, 0.15) is 32.1 Å². The van der Waals surface area contributed by atoms with Gasteiger partial charge in [0.2, 0.25) is 0 Å². The van der Waals surface area contributed by atoms with Gasteiger partial charge in [0.05, 0.1) is 0 Å². The molecule has 0 spiro atoms. The Hall–Kier alpha value is -0.0800. The van der Waals surface area contributed by atoms with E-state index in [1.165, 1.54) is 25.7 Å². The van der Waals surface area contributed by atoms with Crippen LogP contribution in [-0.2, 0) is 0 Å². The Morgan fingerprint density at radius 1 is 1.33 bits per heavy atom. The Morgan fingerprint density at radius 3 is 2.33 bits per heavy atom. The van der Waals surface area contributed by atoms with Gasteiger partial charge in [0.1, 0.15) is 0 Å². The Labute approximate surface area is 76.1 Å². The molecule has 1 unspecified atom stereocenters. The predicted molar refractivity (Wildman–Crippen MR) is 53.1 cm³/mol. The van der Waals surface area contributed by atoms with Crippen molar-refractivity contribution in [3.63, 3.8) is 0 Å². The Bertz CT molecular complexity index is 117. The summed E-state index contributed by atoms with van der Waals surface area (Å²) in [5.74, 6) is 0.920. The van der Waals surface area contributed by atoms with E-state index in [9.17, 15) is 0 Å². The lowest BCUT2D eigenvalue weighted by atomic mass is 9.94. The molecule has 1 fully saturated rings. The summed E-state index contributed by atoms with van der Waals surface area (Å²) >= 11 is 0. The fraction of sp³-hybridized carbons (Fsp3) is 1.00. The zero-order valence-corrected chi connectivity index (χ0v) is 8.42. The van der Waals surface area contributed by atoms with E-state index >= 15 is 0 Å². The second kappa shape index (κ2) is 4.83. The SMILES string of the molecule is CN(C)C(CCN)C1CCCC1. The molecule has 0 aromatic rings. The second-order valence-electron chi connectivity index (χ2n) is 4.15. The summed E-state index contributed by atoms with van der Waals surface area (Å²) < 4.78 is 0. The maximum absolute atomic E-state index is 5.61. The summed E-state index contributed by atoms with van der Waals surface area (Å²) in [6.07, 6.45) is 6.86. The van der Waals surface area contributed by atoms with Crippen LogP contribution in [0.4, 0.5) is 0 Å². The van der Waals surface area contributed by atoms with Crippen LogP contribution in [0.3, 0.4) is 0 Å². The van der Waals surface area contributed by atoms with Gasteiger partial charge in [-0.1, -0.05) is 12.8 Å². The van der Waals surface area contributed by atoms with Crippen molar-refractivity contribution in [1.82, 2.24) is 4.90 Å². The average Bonchev–Trinajstić information content (AvgIpc) is 2.51. The summed E-state index contributed by atoms with van der Waals surface area (Å²) in [4.78, 5) is 2.35. The number of hydrogen-bond donors (Lipinski definition) is 1. The third-order valence-corrected chi connectivity index (χ3v) is 3.07. The Kier molecular flexibility index (Phi) is 4.02. The van der Waals surface area contributed by atoms with Gasteiger partial charge in [0, 0.05) is 6.04 Å². The standard InChI is InChI=1S/C10H22N2/c1-12(2)10(7-8-11)9-5-3-4-6-9/h9-10H,3-8,11H2,1-2H3. The molecule has 0 heterocycles. The molecule has 0 aromatic carbocycles. The summed E-state index contributed by atoms with van der Waals surface area (Å²) in [5, 5.41) is 0. The molecule has 1 atom stereocenters. The molecule has 1 rings (SSSR count). The molecule has 0 saturated heterocycles. The van der Waals surface area contributed by atoms with E-state index in [1.807, 2.05) is 0 Å². The first-order chi connectivity index (χ1) is 5.75. The van der Waals surface area contributed by atoms with Gasteiger partial charge in [0.25, 0.3) is 0 Å². The smallest absolute Gasteiger partial charge is 0.0129 e. The van der Waals surface area contributed by atoms with Crippen molar-refractivity contribution in [2.75, 3.05) is 20.6 Å². The lowest BCUT2D eigenvalue weighted by Gasteiger charge is -2.29. The fourth-order valence-corrected chi connectivity index (χ4v) is 2.43. The Balaban J connectivity index is 2.40. The fourth-order valence-electron chi connectivity index (χ4n) is 2.43. The number of nitrogens with two attached hydrogens (primary N) is 1. The first kappa shape index (κ1) is 10.0. The van der Waals surface area contributed by atoms with Crippen LogP contribution in [0.5, 0.6) is 0 Å². The normalized spacial score (nSPS) is 22.0. The van der Waals surface area contributed by atoms with E-state index in [0.717, 1.165) is 24.9 Å². The zero-order chi connectivity index (χ0) is 8.97. The van der Waals surface area contributed by atoms with Crippen LogP contribution in [0.15, 0.2) is 0 Å². The third-order valence-electron chi connectivity index (χ3n) is 3.07. The van der Waals surface area contributed by atoms with Gasteiger partial charge < -0.3 is 10.6 Å². The molecule has 12 heavy (non-hydrogen) atoms. The maximum Gasteiger partial charge on any atom is 0.0129 e. The molecule has 0 aliphatic heterocycles. The lowest BCUT2D eigenvalue weighted by molar-refractivity contribution is 0.202. The molecular weight excluding hydrogens is 148 g/mol. The van der Waals surface area contributed by atoms with Crippen LogP contribution in [-0.4, -0.2) is 31.6 Å². The van der Waals surface area contributed by atoms with Gasteiger partial charge >= 0.3 is 0 Å². The molecule has 2 nitrogen and oxygen atoms in total. The monoisotopic (exact) mass is 170 g/mol.